The number of ether oxygens (including phenoxy) is 1. The molecule has 0 aromatic rings. The van der Waals surface area contributed by atoms with E-state index in [0.29, 0.717) is 19.1 Å². The number of nitrogens with one attached hydrogen (secondary N) is 1. The third-order valence-electron chi connectivity index (χ3n) is 4.20. The van der Waals surface area contributed by atoms with E-state index in [1.54, 1.807) is 0 Å². The molecule has 18 heavy (non-hydrogen) atoms. The van der Waals surface area contributed by atoms with Gasteiger partial charge in [0.2, 0.25) is 5.91 Å². The number of hydrogen-bond donors (Lipinski definition) is 1. The zero-order chi connectivity index (χ0) is 12.8. The van der Waals surface area contributed by atoms with Crippen LogP contribution in [0.5, 0.6) is 0 Å². The summed E-state index contributed by atoms with van der Waals surface area (Å²) in [6.45, 7) is 2.88. The van der Waals surface area contributed by atoms with Crippen LogP contribution in [0.15, 0.2) is 0 Å². The van der Waals surface area contributed by atoms with Crippen molar-refractivity contribution in [3.8, 4) is 0 Å². The van der Waals surface area contributed by atoms with Crippen molar-refractivity contribution in [1.29, 1.82) is 0 Å². The molecule has 2 fully saturated rings. The summed E-state index contributed by atoms with van der Waals surface area (Å²) in [5, 5.41) is 3.06. The van der Waals surface area contributed by atoms with Crippen LogP contribution >= 0.6 is 0 Å². The van der Waals surface area contributed by atoms with Gasteiger partial charge in [0.15, 0.2) is 0 Å². The lowest BCUT2D eigenvalue weighted by atomic mass is 9.99. The standard InChI is InChI=1S/C14H26N2O2/c1-15-13-11-18-9-8-16(14(13)17)10-12-6-4-2-3-5-7-12/h12-13,15H,2-11H2,1H3. The minimum atomic E-state index is -0.154. The molecule has 1 N–H and O–H groups in total. The molecule has 0 bridgehead atoms. The van der Waals surface area contributed by atoms with Crippen LogP contribution in [0.4, 0.5) is 0 Å². The lowest BCUT2D eigenvalue weighted by molar-refractivity contribution is -0.133. The van der Waals surface area contributed by atoms with Gasteiger partial charge in [0, 0.05) is 13.1 Å². The fraction of sp³-hybridized carbons (Fsp3) is 0.929. The third kappa shape index (κ3) is 3.69. The molecular formula is C14H26N2O2. The maximum absolute atomic E-state index is 12.3. The number of likely N-dealkylation sites (N-methyl/N-ethyl adjacent to an activating group) is 1. The largest absolute Gasteiger partial charge is 0.377 e. The molecule has 1 aliphatic carbocycles. The van der Waals surface area contributed by atoms with Gasteiger partial charge in [-0.2, -0.15) is 0 Å². The van der Waals surface area contributed by atoms with E-state index in [4.69, 9.17) is 4.74 Å². The Labute approximate surface area is 110 Å². The van der Waals surface area contributed by atoms with Gasteiger partial charge in [-0.1, -0.05) is 25.7 Å². The van der Waals surface area contributed by atoms with Gasteiger partial charge in [-0.25, -0.2) is 0 Å². The zero-order valence-electron chi connectivity index (χ0n) is 11.5. The summed E-state index contributed by atoms with van der Waals surface area (Å²) in [5.74, 6) is 0.923. The van der Waals surface area contributed by atoms with Crippen molar-refractivity contribution in [2.24, 2.45) is 5.92 Å². The second-order valence-corrected chi connectivity index (χ2v) is 5.56. The van der Waals surface area contributed by atoms with Crippen LogP contribution in [0.25, 0.3) is 0 Å². The second-order valence-electron chi connectivity index (χ2n) is 5.56. The van der Waals surface area contributed by atoms with E-state index >= 15 is 0 Å². The molecule has 1 aliphatic heterocycles. The van der Waals surface area contributed by atoms with E-state index in [-0.39, 0.29) is 11.9 Å². The molecule has 2 aliphatic rings. The van der Waals surface area contributed by atoms with E-state index in [1.165, 1.54) is 38.5 Å². The Kier molecular flexibility index (Phi) is 5.45. The van der Waals surface area contributed by atoms with Gasteiger partial charge in [-0.3, -0.25) is 4.79 Å². The fourth-order valence-corrected chi connectivity index (χ4v) is 3.02. The smallest absolute Gasteiger partial charge is 0.242 e. The Bertz CT molecular complexity index is 263. The number of amides is 1. The summed E-state index contributed by atoms with van der Waals surface area (Å²) in [6.07, 6.45) is 7.97. The van der Waals surface area contributed by atoms with Crippen molar-refractivity contribution in [1.82, 2.24) is 10.2 Å². The first kappa shape index (κ1) is 13.8. The molecule has 1 saturated carbocycles. The maximum atomic E-state index is 12.3. The molecular weight excluding hydrogens is 228 g/mol. The normalized spacial score (nSPS) is 27.9. The van der Waals surface area contributed by atoms with Gasteiger partial charge in [0.25, 0.3) is 0 Å². The molecule has 0 aromatic carbocycles. The monoisotopic (exact) mass is 254 g/mol. The van der Waals surface area contributed by atoms with Gasteiger partial charge in [0.1, 0.15) is 6.04 Å². The molecule has 1 heterocycles. The van der Waals surface area contributed by atoms with E-state index in [0.717, 1.165) is 13.1 Å². The summed E-state index contributed by atoms with van der Waals surface area (Å²) in [5.41, 5.74) is 0. The SMILES string of the molecule is CNC1COCCN(CC2CCCCCC2)C1=O. The molecule has 2 rings (SSSR count). The molecule has 1 saturated heterocycles. The molecule has 0 spiro atoms. The van der Waals surface area contributed by atoms with E-state index in [2.05, 4.69) is 5.32 Å². The Hall–Kier alpha value is -0.610. The molecule has 4 nitrogen and oxygen atoms in total. The van der Waals surface area contributed by atoms with Crippen molar-refractivity contribution < 1.29 is 9.53 Å². The lowest BCUT2D eigenvalue weighted by Gasteiger charge is -2.27. The van der Waals surface area contributed by atoms with E-state index < -0.39 is 0 Å². The topological polar surface area (TPSA) is 41.6 Å². The van der Waals surface area contributed by atoms with Crippen LogP contribution in [-0.4, -0.2) is 50.2 Å². The van der Waals surface area contributed by atoms with Crippen molar-refractivity contribution in [2.45, 2.75) is 44.6 Å². The Morgan fingerprint density at radius 2 is 2.00 bits per heavy atom. The predicted molar refractivity (Wildman–Crippen MR) is 71.4 cm³/mol. The van der Waals surface area contributed by atoms with Gasteiger partial charge in [-0.05, 0) is 25.8 Å². The number of carbonyl (C=O) groups excluding carboxylic acids is 1. The van der Waals surface area contributed by atoms with Crippen LogP contribution in [0.3, 0.4) is 0 Å². The Morgan fingerprint density at radius 3 is 2.67 bits per heavy atom. The highest BCUT2D eigenvalue weighted by molar-refractivity contribution is 5.82. The van der Waals surface area contributed by atoms with Gasteiger partial charge in [-0.15, -0.1) is 0 Å². The second kappa shape index (κ2) is 7.10. The summed E-state index contributed by atoms with van der Waals surface area (Å²) in [6, 6.07) is -0.154. The minimum Gasteiger partial charge on any atom is -0.377 e. The number of carbonyl (C=O) groups is 1. The van der Waals surface area contributed by atoms with Crippen LogP contribution < -0.4 is 5.32 Å². The van der Waals surface area contributed by atoms with Crippen LogP contribution in [0.1, 0.15) is 38.5 Å². The summed E-state index contributed by atoms with van der Waals surface area (Å²) >= 11 is 0. The van der Waals surface area contributed by atoms with Crippen molar-refractivity contribution >= 4 is 5.91 Å². The predicted octanol–water partition coefficient (Wildman–Crippen LogP) is 1.40. The first-order chi connectivity index (χ1) is 8.81. The van der Waals surface area contributed by atoms with Gasteiger partial charge >= 0.3 is 0 Å². The van der Waals surface area contributed by atoms with Gasteiger partial charge < -0.3 is 15.0 Å². The third-order valence-corrected chi connectivity index (χ3v) is 4.20. The average molecular weight is 254 g/mol. The van der Waals surface area contributed by atoms with Crippen LogP contribution in [0, 0.1) is 5.92 Å². The Balaban J connectivity index is 1.90. The summed E-state index contributed by atoms with van der Waals surface area (Å²) in [7, 11) is 1.83. The molecule has 0 radical (unpaired) electrons. The highest BCUT2D eigenvalue weighted by Crippen LogP contribution is 2.24. The molecule has 0 aromatic heterocycles. The molecule has 1 amide bonds. The first-order valence-corrected chi connectivity index (χ1v) is 7.35. The van der Waals surface area contributed by atoms with Crippen molar-refractivity contribution in [3.63, 3.8) is 0 Å². The molecule has 1 unspecified atom stereocenters. The summed E-state index contributed by atoms with van der Waals surface area (Å²) < 4.78 is 5.49. The maximum Gasteiger partial charge on any atom is 0.242 e. The van der Waals surface area contributed by atoms with Gasteiger partial charge in [0.05, 0.1) is 13.2 Å². The van der Waals surface area contributed by atoms with Crippen LogP contribution in [-0.2, 0) is 9.53 Å². The molecule has 104 valence electrons. The number of hydrogen-bond acceptors (Lipinski definition) is 3. The van der Waals surface area contributed by atoms with E-state index in [1.807, 2.05) is 11.9 Å². The quantitative estimate of drug-likeness (QED) is 0.774. The fourth-order valence-electron chi connectivity index (χ4n) is 3.02. The molecule has 4 heteroatoms. The first-order valence-electron chi connectivity index (χ1n) is 7.35. The highest BCUT2D eigenvalue weighted by atomic mass is 16.5. The highest BCUT2D eigenvalue weighted by Gasteiger charge is 2.28. The van der Waals surface area contributed by atoms with Crippen LogP contribution in [0.2, 0.25) is 0 Å². The number of rotatable bonds is 3. The molecule has 1 atom stereocenters. The Morgan fingerprint density at radius 1 is 1.28 bits per heavy atom. The zero-order valence-corrected chi connectivity index (χ0v) is 11.5. The lowest BCUT2D eigenvalue weighted by Crippen LogP contribution is -2.47. The van der Waals surface area contributed by atoms with E-state index in [9.17, 15) is 4.79 Å². The summed E-state index contributed by atoms with van der Waals surface area (Å²) in [4.78, 5) is 14.3. The van der Waals surface area contributed by atoms with Crippen molar-refractivity contribution in [3.05, 3.63) is 0 Å². The average Bonchev–Trinajstić information content (AvgIpc) is 2.73. The number of nitrogens with zero attached hydrogens (tertiary/aromatic N) is 1. The minimum absolute atomic E-state index is 0.154. The van der Waals surface area contributed by atoms with Crippen molar-refractivity contribution in [2.75, 3.05) is 33.4 Å².